The predicted molar refractivity (Wildman–Crippen MR) is 83.7 cm³/mol. The molecule has 112 valence electrons. The van der Waals surface area contributed by atoms with Crippen LogP contribution in [0.5, 0.6) is 0 Å². The third kappa shape index (κ3) is 5.54. The van der Waals surface area contributed by atoms with E-state index < -0.39 is 0 Å². The van der Waals surface area contributed by atoms with Gasteiger partial charge >= 0.3 is 0 Å². The van der Waals surface area contributed by atoms with E-state index in [9.17, 15) is 0 Å². The second-order valence-electron chi connectivity index (χ2n) is 8.34. The van der Waals surface area contributed by atoms with Gasteiger partial charge in [0, 0.05) is 12.0 Å². The smallest absolute Gasteiger partial charge is 0.186 e. The van der Waals surface area contributed by atoms with Gasteiger partial charge in [0.05, 0.1) is 6.10 Å². The number of hydrogen-bond acceptors (Lipinski definition) is 2. The fourth-order valence-corrected chi connectivity index (χ4v) is 3.75. The van der Waals surface area contributed by atoms with Crippen molar-refractivity contribution in [3.05, 3.63) is 0 Å². The molecular formula is C17H33NO. The van der Waals surface area contributed by atoms with Crippen molar-refractivity contribution in [2.45, 2.75) is 86.8 Å². The maximum atomic E-state index is 6.04. The molecule has 0 aromatic carbocycles. The summed E-state index contributed by atoms with van der Waals surface area (Å²) in [4.78, 5) is 4.77. The highest BCUT2D eigenvalue weighted by Crippen LogP contribution is 2.48. The van der Waals surface area contributed by atoms with E-state index >= 15 is 0 Å². The second-order valence-corrected chi connectivity index (χ2v) is 8.34. The molecule has 0 N–H and O–H groups in total. The Morgan fingerprint density at radius 1 is 1.00 bits per heavy atom. The second kappa shape index (κ2) is 5.85. The number of rotatable bonds is 3. The average Bonchev–Trinajstić information content (AvgIpc) is 2.09. The van der Waals surface area contributed by atoms with Gasteiger partial charge in [0.25, 0.3) is 0 Å². The lowest BCUT2D eigenvalue weighted by Gasteiger charge is -2.45. The Kier molecular flexibility index (Phi) is 5.08. The molecule has 1 saturated carbocycles. The highest BCUT2D eigenvalue weighted by molar-refractivity contribution is 5.79. The molecule has 19 heavy (non-hydrogen) atoms. The third-order valence-corrected chi connectivity index (χ3v) is 3.65. The van der Waals surface area contributed by atoms with Crippen molar-refractivity contribution in [3.63, 3.8) is 0 Å². The van der Waals surface area contributed by atoms with Gasteiger partial charge in [0.2, 0.25) is 0 Å². The van der Waals surface area contributed by atoms with E-state index in [1.807, 2.05) is 0 Å². The molecule has 0 amide bonds. The van der Waals surface area contributed by atoms with Crippen LogP contribution in [0.2, 0.25) is 0 Å². The summed E-state index contributed by atoms with van der Waals surface area (Å²) in [6.45, 7) is 18.0. The molecule has 0 saturated heterocycles. The zero-order chi connectivity index (χ0) is 14.8. The van der Waals surface area contributed by atoms with Gasteiger partial charge in [-0.3, -0.25) is 4.99 Å². The van der Waals surface area contributed by atoms with Gasteiger partial charge in [0.1, 0.15) is 0 Å². The fraction of sp³-hybridized carbons (Fsp3) is 0.941. The van der Waals surface area contributed by atoms with Crippen LogP contribution in [-0.4, -0.2) is 18.0 Å². The summed E-state index contributed by atoms with van der Waals surface area (Å²) in [5, 5.41) is 0. The standard InChI is InChI=1S/C17H33NO/c1-12(2)18-15(19-13(3)4)14-9-16(5,6)11-17(7,8)10-14/h12-14H,9-11H2,1-8H3/b18-15-. The summed E-state index contributed by atoms with van der Waals surface area (Å²) in [6, 6.07) is 0.307. The van der Waals surface area contributed by atoms with Gasteiger partial charge in [-0.25, -0.2) is 0 Å². The van der Waals surface area contributed by atoms with Crippen molar-refractivity contribution < 1.29 is 4.74 Å². The van der Waals surface area contributed by atoms with Gasteiger partial charge in [-0.05, 0) is 57.8 Å². The van der Waals surface area contributed by atoms with Crippen LogP contribution >= 0.6 is 0 Å². The quantitative estimate of drug-likeness (QED) is 0.516. The zero-order valence-corrected chi connectivity index (χ0v) is 14.2. The molecule has 2 heteroatoms. The lowest BCUT2D eigenvalue weighted by molar-refractivity contribution is 0.0763. The van der Waals surface area contributed by atoms with Crippen LogP contribution in [0.15, 0.2) is 4.99 Å². The molecule has 0 aliphatic heterocycles. The SMILES string of the molecule is CC(C)/N=C(\OC(C)C)C1CC(C)(C)CC(C)(C)C1. The fourth-order valence-electron chi connectivity index (χ4n) is 3.75. The third-order valence-electron chi connectivity index (χ3n) is 3.65. The van der Waals surface area contributed by atoms with E-state index in [2.05, 4.69) is 55.4 Å². The Morgan fingerprint density at radius 3 is 1.84 bits per heavy atom. The molecule has 1 fully saturated rings. The van der Waals surface area contributed by atoms with Crippen LogP contribution in [0.3, 0.4) is 0 Å². The van der Waals surface area contributed by atoms with Gasteiger partial charge in [-0.2, -0.15) is 0 Å². The van der Waals surface area contributed by atoms with Crippen LogP contribution < -0.4 is 0 Å². The number of aliphatic imine (C=N–C) groups is 1. The summed E-state index contributed by atoms with van der Waals surface area (Å²) < 4.78 is 6.04. The van der Waals surface area contributed by atoms with E-state index in [0.29, 0.717) is 22.8 Å². The Morgan fingerprint density at radius 2 is 1.47 bits per heavy atom. The molecule has 1 aliphatic carbocycles. The van der Waals surface area contributed by atoms with Crippen LogP contribution in [-0.2, 0) is 4.74 Å². The Labute approximate surface area is 120 Å². The van der Waals surface area contributed by atoms with E-state index in [1.165, 1.54) is 19.3 Å². The molecule has 1 aliphatic rings. The van der Waals surface area contributed by atoms with E-state index in [4.69, 9.17) is 9.73 Å². The molecule has 0 bridgehead atoms. The van der Waals surface area contributed by atoms with Gasteiger partial charge in [0.15, 0.2) is 5.90 Å². The molecule has 2 nitrogen and oxygen atoms in total. The van der Waals surface area contributed by atoms with Crippen molar-refractivity contribution in [2.75, 3.05) is 0 Å². The average molecular weight is 267 g/mol. The van der Waals surface area contributed by atoms with E-state index in [0.717, 1.165) is 5.90 Å². The summed E-state index contributed by atoms with van der Waals surface area (Å²) in [5.74, 6) is 1.47. The highest BCUT2D eigenvalue weighted by Gasteiger charge is 2.41. The number of nitrogens with zero attached hydrogens (tertiary/aromatic N) is 1. The largest absolute Gasteiger partial charge is 0.478 e. The first-order chi connectivity index (χ1) is 8.51. The summed E-state index contributed by atoms with van der Waals surface area (Å²) in [5.41, 5.74) is 0.759. The normalized spacial score (nSPS) is 24.0. The molecular weight excluding hydrogens is 234 g/mol. The highest BCUT2D eigenvalue weighted by atomic mass is 16.5. The van der Waals surface area contributed by atoms with Gasteiger partial charge < -0.3 is 4.74 Å². The van der Waals surface area contributed by atoms with E-state index in [1.54, 1.807) is 0 Å². The molecule has 0 aromatic heterocycles. The van der Waals surface area contributed by atoms with Crippen molar-refractivity contribution >= 4 is 5.90 Å². The minimum absolute atomic E-state index is 0.214. The lowest BCUT2D eigenvalue weighted by atomic mass is 9.61. The maximum absolute atomic E-state index is 6.04. The maximum Gasteiger partial charge on any atom is 0.186 e. The molecule has 0 heterocycles. The summed E-state index contributed by atoms with van der Waals surface area (Å²) in [6.07, 6.45) is 3.88. The van der Waals surface area contributed by atoms with Crippen LogP contribution in [0, 0.1) is 16.7 Å². The number of hydrogen-bond donors (Lipinski definition) is 0. The molecule has 1 rings (SSSR count). The van der Waals surface area contributed by atoms with E-state index in [-0.39, 0.29) is 6.10 Å². The van der Waals surface area contributed by atoms with Crippen LogP contribution in [0.1, 0.15) is 74.7 Å². The van der Waals surface area contributed by atoms with Crippen molar-refractivity contribution in [1.29, 1.82) is 0 Å². The first-order valence-electron chi connectivity index (χ1n) is 7.75. The first kappa shape index (κ1) is 16.5. The monoisotopic (exact) mass is 267 g/mol. The number of ether oxygens (including phenoxy) is 1. The molecule has 0 aromatic rings. The summed E-state index contributed by atoms with van der Waals surface area (Å²) in [7, 11) is 0. The van der Waals surface area contributed by atoms with Crippen molar-refractivity contribution in [1.82, 2.24) is 0 Å². The Bertz CT molecular complexity index is 310. The Hall–Kier alpha value is -0.530. The Balaban J connectivity index is 2.95. The predicted octanol–water partition coefficient (Wildman–Crippen LogP) is 5.07. The topological polar surface area (TPSA) is 21.6 Å². The van der Waals surface area contributed by atoms with Crippen LogP contribution in [0.4, 0.5) is 0 Å². The first-order valence-corrected chi connectivity index (χ1v) is 7.75. The van der Waals surface area contributed by atoms with Crippen molar-refractivity contribution in [3.8, 4) is 0 Å². The minimum atomic E-state index is 0.214. The minimum Gasteiger partial charge on any atom is -0.478 e. The van der Waals surface area contributed by atoms with Gasteiger partial charge in [-0.15, -0.1) is 0 Å². The zero-order valence-electron chi connectivity index (χ0n) is 14.2. The molecule has 0 spiro atoms. The summed E-state index contributed by atoms with van der Waals surface area (Å²) >= 11 is 0. The van der Waals surface area contributed by atoms with Gasteiger partial charge in [-0.1, -0.05) is 27.7 Å². The lowest BCUT2D eigenvalue weighted by Crippen LogP contribution is -2.38. The van der Waals surface area contributed by atoms with Crippen molar-refractivity contribution in [2.24, 2.45) is 21.7 Å². The van der Waals surface area contributed by atoms with Crippen LogP contribution in [0.25, 0.3) is 0 Å². The molecule has 0 radical (unpaired) electrons. The molecule has 0 unspecified atom stereocenters. The molecule has 0 atom stereocenters.